The van der Waals surface area contributed by atoms with E-state index in [4.69, 9.17) is 19.3 Å². The molecule has 0 bridgehead atoms. The van der Waals surface area contributed by atoms with Crippen molar-refractivity contribution in [2.75, 3.05) is 6.61 Å². The number of ether oxygens (including phenoxy) is 3. The summed E-state index contributed by atoms with van der Waals surface area (Å²) in [5.74, 6) is -2.10. The molecule has 5 rings (SSSR count). The fourth-order valence-electron chi connectivity index (χ4n) is 9.43. The largest absolute Gasteiger partial charge is 0.549 e. The maximum Gasteiger partial charge on any atom is 0.549 e. The number of aryl methyl sites for hydroxylation is 2. The Morgan fingerprint density at radius 2 is 1.70 bits per heavy atom. The molecule has 1 amide bonds. The summed E-state index contributed by atoms with van der Waals surface area (Å²) in [7, 11) is -2.63. The Kier molecular flexibility index (Phi) is 22.4. The van der Waals surface area contributed by atoms with Gasteiger partial charge in [-0.25, -0.2) is 4.79 Å². The molecule has 16 heteroatoms. The van der Waals surface area contributed by atoms with Crippen molar-refractivity contribution in [1.82, 2.24) is 20.3 Å². The third-order valence-corrected chi connectivity index (χ3v) is 13.3. The fraction of sp³-hybridized carbons (Fsp3) is 0.604. The maximum absolute atomic E-state index is 14.5. The third kappa shape index (κ3) is 17.2. The van der Waals surface area contributed by atoms with Crippen molar-refractivity contribution in [3.63, 3.8) is 0 Å². The van der Waals surface area contributed by atoms with Crippen molar-refractivity contribution in [1.29, 1.82) is 0 Å². The number of carboxylic acids is 1. The number of cyclic esters (lactones) is 1. The van der Waals surface area contributed by atoms with Crippen molar-refractivity contribution in [2.45, 2.75) is 187 Å². The lowest BCUT2D eigenvalue weighted by Crippen LogP contribution is -2.48. The van der Waals surface area contributed by atoms with Gasteiger partial charge in [-0.05, 0) is 111 Å². The molecule has 1 saturated heterocycles. The second-order valence-corrected chi connectivity index (χ2v) is 19.2. The molecule has 2 aromatic rings. The van der Waals surface area contributed by atoms with Crippen LogP contribution in [0, 0.1) is 11.8 Å². The Hall–Kier alpha value is -5.41. The van der Waals surface area contributed by atoms with Crippen LogP contribution >= 0.6 is 0 Å². The minimum atomic E-state index is -2.63. The average Bonchev–Trinajstić information content (AvgIpc) is 4.02. The van der Waals surface area contributed by atoms with Crippen LogP contribution in [0.5, 0.6) is 5.75 Å². The van der Waals surface area contributed by atoms with Gasteiger partial charge in [0.2, 0.25) is 6.41 Å². The van der Waals surface area contributed by atoms with Gasteiger partial charge in [-0.15, -0.1) is 5.10 Å². The smallest absolute Gasteiger partial charge is 0.494 e. The molecule has 2 aliphatic heterocycles. The maximum atomic E-state index is 14.5. The van der Waals surface area contributed by atoms with Crippen molar-refractivity contribution in [2.24, 2.45) is 16.8 Å². The third-order valence-electron chi connectivity index (χ3n) is 13.3. The van der Waals surface area contributed by atoms with Gasteiger partial charge in [0.15, 0.2) is 0 Å². The van der Waals surface area contributed by atoms with E-state index < -0.39 is 37.2 Å². The van der Waals surface area contributed by atoms with Gasteiger partial charge in [0.05, 0.1) is 29.7 Å². The zero-order valence-corrected chi connectivity index (χ0v) is 41.4. The van der Waals surface area contributed by atoms with E-state index in [0.29, 0.717) is 98.4 Å². The van der Waals surface area contributed by atoms with Gasteiger partial charge >= 0.3 is 25.2 Å². The first-order chi connectivity index (χ1) is 33.3. The zero-order chi connectivity index (χ0) is 49.7. The molecular formula is C53H74BF2N5O8. The molecule has 3 aliphatic rings. The molecular weight excluding hydrogens is 883 g/mol. The van der Waals surface area contributed by atoms with Crippen LogP contribution in [0.25, 0.3) is 5.57 Å². The minimum absolute atomic E-state index is 0.0219. The number of allylic oxidation sites excluding steroid dienone is 7. The van der Waals surface area contributed by atoms with Crippen LogP contribution in [0.3, 0.4) is 0 Å². The van der Waals surface area contributed by atoms with Crippen LogP contribution in [0.2, 0.25) is 5.82 Å². The highest BCUT2D eigenvalue weighted by molar-refractivity contribution is 6.49. The van der Waals surface area contributed by atoms with E-state index in [1.807, 2.05) is 33.9 Å². The van der Waals surface area contributed by atoms with E-state index in [9.17, 15) is 27.8 Å². The molecule has 2 N–H and O–H groups in total. The van der Waals surface area contributed by atoms with Crippen molar-refractivity contribution in [3.8, 4) is 5.75 Å². The lowest BCUT2D eigenvalue weighted by molar-refractivity contribution is -0.190. The summed E-state index contributed by atoms with van der Waals surface area (Å²) in [5, 5.41) is 20.4. The number of esters is 2. The molecule has 1 aromatic carbocycles. The standard InChI is InChI=1S/C53H74BF2N5O8/c1-6-7-8-9-10-11-12-13-14-19-43(68-53(66)48(57-35-62)31-36(2)3)33-49-46(52(65)69-49)20-16-15-18-41-34-61(60-59-41)29-17-30-67-42-24-21-39(22-25-42)45-26-23-40(51(45)54(55)56)32-47-37(4)44(38(5)58-47)27-28-50(63)64/h21-26,32,34-36,43,46,48-49,51H,6-20,27-31,33H2,1-5H3,(H,57,62)(H,63,64)/b47-32-/t43-,46-,48-,49-,51?/m0/s1. The molecule has 0 spiro atoms. The quantitative estimate of drug-likeness (QED) is 0.0298. The van der Waals surface area contributed by atoms with Gasteiger partial charge in [0.25, 0.3) is 0 Å². The second kappa shape index (κ2) is 28.3. The molecule has 13 nitrogen and oxygen atoms in total. The minimum Gasteiger partial charge on any atom is -0.494 e. The summed E-state index contributed by atoms with van der Waals surface area (Å²) >= 11 is 0. The molecule has 1 aliphatic carbocycles. The van der Waals surface area contributed by atoms with E-state index in [0.717, 1.165) is 48.9 Å². The van der Waals surface area contributed by atoms with E-state index in [-0.39, 0.29) is 30.3 Å². The summed E-state index contributed by atoms with van der Waals surface area (Å²) in [6.07, 6.45) is 23.2. The number of halogens is 2. The fourth-order valence-corrected chi connectivity index (χ4v) is 9.43. The number of aromatic nitrogens is 3. The van der Waals surface area contributed by atoms with Gasteiger partial charge in [-0.2, -0.15) is 0 Å². The van der Waals surface area contributed by atoms with E-state index in [1.165, 1.54) is 38.5 Å². The normalized spacial score (nSPS) is 19.2. The van der Waals surface area contributed by atoms with E-state index >= 15 is 0 Å². The van der Waals surface area contributed by atoms with Crippen LogP contribution in [0.15, 0.2) is 76.1 Å². The number of benzene rings is 1. The summed E-state index contributed by atoms with van der Waals surface area (Å²) in [6, 6.07) is 6.43. The SMILES string of the molecule is CCCCCCCCCCC[C@@H](C[C@@H]1OC(=O)[C@H]1CCCCc1cn(CCCOc2ccc(C3=CC=C(/C=C4\N=C(C)C(CCC(=O)O)=C4C)C3B(F)F)cc2)nn1)OC(=O)[C@H](CC(C)C)NC=O. The topological polar surface area (TPSA) is 171 Å². The Bertz CT molecular complexity index is 2170. The van der Waals surface area contributed by atoms with Gasteiger partial charge in [0.1, 0.15) is 24.0 Å². The van der Waals surface area contributed by atoms with E-state index in [1.54, 1.807) is 47.2 Å². The molecule has 0 radical (unpaired) electrons. The van der Waals surface area contributed by atoms with Gasteiger partial charge in [0, 0.05) is 37.7 Å². The highest BCUT2D eigenvalue weighted by Gasteiger charge is 2.43. The Balaban J connectivity index is 1.02. The number of rotatable bonds is 34. The Morgan fingerprint density at radius 3 is 2.36 bits per heavy atom. The number of aliphatic carboxylic acids is 1. The summed E-state index contributed by atoms with van der Waals surface area (Å²) in [5.41, 5.74) is 5.45. The predicted molar refractivity (Wildman–Crippen MR) is 265 cm³/mol. The molecule has 1 unspecified atom stereocenters. The van der Waals surface area contributed by atoms with Crippen molar-refractivity contribution in [3.05, 3.63) is 82.4 Å². The summed E-state index contributed by atoms with van der Waals surface area (Å²) in [4.78, 5) is 52.8. The van der Waals surface area contributed by atoms with E-state index in [2.05, 4.69) is 27.5 Å². The molecule has 0 saturated carbocycles. The number of carbonyl (C=O) groups excluding carboxylic acids is 3. The monoisotopic (exact) mass is 958 g/mol. The molecule has 1 fully saturated rings. The first-order valence-electron chi connectivity index (χ1n) is 25.4. The number of nitrogens with zero attached hydrogens (tertiary/aromatic N) is 4. The Morgan fingerprint density at radius 1 is 0.971 bits per heavy atom. The van der Waals surface area contributed by atoms with Crippen molar-refractivity contribution >= 4 is 42.9 Å². The number of aliphatic imine (C=N–C) groups is 1. The highest BCUT2D eigenvalue weighted by Crippen LogP contribution is 2.44. The van der Waals surface area contributed by atoms with Crippen LogP contribution in [0.4, 0.5) is 8.63 Å². The van der Waals surface area contributed by atoms with Gasteiger partial charge < -0.3 is 24.6 Å². The van der Waals surface area contributed by atoms with Crippen LogP contribution in [-0.2, 0) is 41.6 Å². The molecule has 5 atom stereocenters. The molecule has 69 heavy (non-hydrogen) atoms. The summed E-state index contributed by atoms with van der Waals surface area (Å²) in [6.45, 7) is 10.9. The number of unbranched alkanes of at least 4 members (excludes halogenated alkanes) is 9. The highest BCUT2D eigenvalue weighted by atomic mass is 19.2. The van der Waals surface area contributed by atoms with Crippen LogP contribution < -0.4 is 10.1 Å². The molecule has 376 valence electrons. The number of amides is 1. The van der Waals surface area contributed by atoms with Crippen LogP contribution in [-0.4, -0.2) is 82.3 Å². The zero-order valence-electron chi connectivity index (χ0n) is 41.4. The summed E-state index contributed by atoms with van der Waals surface area (Å²) < 4.78 is 48.5. The molecule has 3 heterocycles. The predicted octanol–water partition coefficient (Wildman–Crippen LogP) is 11.0. The number of nitrogens with one attached hydrogen (secondary N) is 1. The lowest BCUT2D eigenvalue weighted by atomic mass is 9.68. The average molecular weight is 958 g/mol. The Labute approximate surface area is 407 Å². The van der Waals surface area contributed by atoms with Gasteiger partial charge in [-0.3, -0.25) is 32.7 Å². The second-order valence-electron chi connectivity index (χ2n) is 19.2. The lowest BCUT2D eigenvalue weighted by Gasteiger charge is -2.37. The number of hydrogen-bond donors (Lipinski definition) is 2. The number of carbonyl (C=O) groups is 4. The van der Waals surface area contributed by atoms with Crippen molar-refractivity contribution < 1.29 is 47.1 Å². The molecule has 1 aromatic heterocycles. The van der Waals surface area contributed by atoms with Gasteiger partial charge in [-0.1, -0.05) is 108 Å². The first kappa shape index (κ1) is 54.5. The number of hydrogen-bond acceptors (Lipinski definition) is 10. The first-order valence-corrected chi connectivity index (χ1v) is 25.4. The number of carboxylic acid groups (broad SMARTS) is 1. The van der Waals surface area contributed by atoms with Crippen LogP contribution in [0.1, 0.15) is 161 Å².